The van der Waals surface area contributed by atoms with E-state index in [1.807, 2.05) is 47.7 Å². The molecule has 6 aromatic heterocycles. The van der Waals surface area contributed by atoms with Crippen LogP contribution in [0.2, 0.25) is 0 Å². The van der Waals surface area contributed by atoms with Gasteiger partial charge in [-0.25, -0.2) is 0 Å². The molecule has 362 valence electrons. The van der Waals surface area contributed by atoms with Gasteiger partial charge in [-0.05, 0) is 83.9 Å². The second-order valence-electron chi connectivity index (χ2n) is 18.9. The molecule has 6 nitrogen and oxygen atoms in total. The van der Waals surface area contributed by atoms with Crippen molar-refractivity contribution in [3.63, 3.8) is 0 Å². The summed E-state index contributed by atoms with van der Waals surface area (Å²) in [5.41, 5.74) is 13.2. The zero-order valence-electron chi connectivity index (χ0n) is 39.8. The van der Waals surface area contributed by atoms with Gasteiger partial charge >= 0.3 is 40.8 Å². The summed E-state index contributed by atoms with van der Waals surface area (Å²) in [4.78, 5) is 18.7. The van der Waals surface area contributed by atoms with Crippen LogP contribution in [-0.4, -0.2) is 29.1 Å². The molecular weight excluding hydrogens is 1120 g/mol. The molecule has 0 radical (unpaired) electrons. The molecule has 73 heavy (non-hydrogen) atoms. The number of pyridine rings is 2. The van der Waals surface area contributed by atoms with E-state index < -0.39 is 0 Å². The third-order valence-corrected chi connectivity index (χ3v) is 16.7. The van der Waals surface area contributed by atoms with Crippen LogP contribution in [0.5, 0.6) is 0 Å². The van der Waals surface area contributed by atoms with Gasteiger partial charge in [-0.2, -0.15) is 59.1 Å². The Hall–Kier alpha value is -6.20. The molecule has 12 aromatic rings. The molecule has 0 aliphatic heterocycles. The predicted octanol–water partition coefficient (Wildman–Crippen LogP) is 15.9. The second kappa shape index (κ2) is 21.0. The molecule has 0 saturated heterocycles. The fraction of sp³-hybridized carbons (Fsp3) is 0.175. The first-order valence-corrected chi connectivity index (χ1v) is 26.5. The number of hydrogen-bond donors (Lipinski definition) is 0. The summed E-state index contributed by atoms with van der Waals surface area (Å²) in [6.45, 7) is 0. The van der Waals surface area contributed by atoms with E-state index in [0.717, 1.165) is 80.6 Å². The number of hydrogen-bond acceptors (Lipinski definition) is 6. The van der Waals surface area contributed by atoms with Crippen molar-refractivity contribution in [1.29, 1.82) is 0 Å². The maximum Gasteiger partial charge on any atom is 2.00 e. The molecule has 0 unspecified atom stereocenters. The van der Waals surface area contributed by atoms with Gasteiger partial charge in [0.2, 0.25) is 0 Å². The molecule has 0 amide bonds. The zero-order chi connectivity index (χ0) is 47.2. The van der Waals surface area contributed by atoms with Gasteiger partial charge < -0.3 is 9.13 Å². The Bertz CT molecular complexity index is 3820. The van der Waals surface area contributed by atoms with E-state index in [4.69, 9.17) is 9.97 Å². The van der Waals surface area contributed by atoms with Crippen molar-refractivity contribution in [2.45, 2.75) is 68.6 Å². The molecule has 0 spiro atoms. The van der Waals surface area contributed by atoms with Gasteiger partial charge in [-0.3, -0.25) is 19.9 Å². The van der Waals surface area contributed by atoms with Crippen LogP contribution < -0.4 is 0 Å². The maximum atomic E-state index is 4.84. The zero-order valence-corrected chi connectivity index (χ0v) is 44.6. The second-order valence-corrected chi connectivity index (χ2v) is 20.7. The number of benzene rings is 6. The van der Waals surface area contributed by atoms with E-state index in [9.17, 15) is 0 Å². The Kier molecular flexibility index (Phi) is 14.1. The van der Waals surface area contributed by atoms with E-state index in [-0.39, 0.29) is 51.7 Å². The third-order valence-electron chi connectivity index (χ3n) is 15.0. The molecule has 2 fully saturated rings. The monoisotopic (exact) mass is 1160 g/mol. The normalized spacial score (nSPS) is 14.9. The molecule has 2 aliphatic carbocycles. The van der Waals surface area contributed by atoms with Gasteiger partial charge in [0.25, 0.3) is 0 Å². The Balaban J connectivity index is 0.000000153. The summed E-state index contributed by atoms with van der Waals surface area (Å²) >= 11 is 3.29. The Labute approximate surface area is 461 Å². The van der Waals surface area contributed by atoms with Crippen LogP contribution in [-0.2, 0) is 51.7 Å². The molecule has 0 atom stereocenters. The third kappa shape index (κ3) is 8.77. The van der Waals surface area contributed by atoms with E-state index in [1.165, 1.54) is 75.8 Å². The minimum Gasteiger partial charge on any atom is -0.352 e. The quantitative estimate of drug-likeness (QED) is 0.112. The van der Waals surface area contributed by atoms with E-state index >= 15 is 0 Å². The fourth-order valence-electron chi connectivity index (χ4n) is 11.7. The van der Waals surface area contributed by atoms with Gasteiger partial charge in [-0.15, -0.1) is 70.8 Å². The Morgan fingerprint density at radius 1 is 0.384 bits per heavy atom. The Morgan fingerprint density at radius 3 is 1.25 bits per heavy atom. The van der Waals surface area contributed by atoms with Crippen LogP contribution in [0, 0.1) is 24.3 Å². The number of fused-ring (bicyclic) bond motifs is 6. The average molecular weight is 1170 g/mol. The molecule has 6 aromatic carbocycles. The molecule has 0 N–H and O–H groups in total. The molecule has 10 heteroatoms. The molecule has 6 heterocycles. The van der Waals surface area contributed by atoms with Gasteiger partial charge in [0.05, 0.1) is 0 Å². The minimum absolute atomic E-state index is 0. The van der Waals surface area contributed by atoms with Crippen LogP contribution in [0.15, 0.2) is 181 Å². The predicted molar refractivity (Wildman–Crippen MR) is 291 cm³/mol. The van der Waals surface area contributed by atoms with Crippen molar-refractivity contribution in [3.8, 4) is 32.5 Å². The van der Waals surface area contributed by atoms with Crippen LogP contribution >= 0.6 is 22.7 Å². The van der Waals surface area contributed by atoms with E-state index in [0.29, 0.717) is 0 Å². The number of aromatic nitrogens is 6. The number of nitrogens with zero attached hydrogens (tertiary/aromatic N) is 6. The van der Waals surface area contributed by atoms with Crippen LogP contribution in [0.3, 0.4) is 0 Å². The summed E-state index contributed by atoms with van der Waals surface area (Å²) in [6, 6.07) is 66.8. The fourth-order valence-corrected chi connectivity index (χ4v) is 13.0. The first-order valence-electron chi connectivity index (χ1n) is 24.8. The molecule has 2 aliphatic rings. The first-order chi connectivity index (χ1) is 35.2. The average Bonchev–Trinajstić information content (AvgIpc) is 4.33. The van der Waals surface area contributed by atoms with Gasteiger partial charge in [0, 0.05) is 78.8 Å². The van der Waals surface area contributed by atoms with Crippen LogP contribution in [0.4, 0.5) is 0 Å². The largest absolute Gasteiger partial charge is 2.00 e. The van der Waals surface area contributed by atoms with Crippen LogP contribution in [0.1, 0.15) is 80.3 Å². The summed E-state index contributed by atoms with van der Waals surface area (Å²) in [5, 5.41) is 10.8. The SMILES string of the molecule is [Pd+2].[Pd+2].[c-]1c(-n2c3[c-]c(-c4nccs4)ccc3c3ccccc32)cccc1C1(c2ccccn2)CCCC1.[c-]1c(-n2c3[c-]c(-c4nccs4)ccc3c3ccccc32)cccc1C1(c2ccccn2)CCCCC1. The smallest absolute Gasteiger partial charge is 0.352 e. The van der Waals surface area contributed by atoms with Gasteiger partial charge in [0.15, 0.2) is 0 Å². The van der Waals surface area contributed by atoms with Gasteiger partial charge in [-0.1, -0.05) is 103 Å². The summed E-state index contributed by atoms with van der Waals surface area (Å²) in [5.74, 6) is 0. The molecule has 14 rings (SSSR count). The van der Waals surface area contributed by atoms with Crippen molar-refractivity contribution in [1.82, 2.24) is 29.1 Å². The van der Waals surface area contributed by atoms with Crippen molar-refractivity contribution >= 4 is 66.3 Å². The molecule has 2 saturated carbocycles. The maximum absolute atomic E-state index is 4.84. The summed E-state index contributed by atoms with van der Waals surface area (Å²) in [7, 11) is 0. The standard InChI is InChI=1S/C32H25N3S.C31H23N3S.2Pd/c1-5-16-32(17-6-1,30-13-4-7-18-33-30)24-9-8-10-25(22-24)35-28-12-3-2-11-26(28)27-15-14-23(21-29(27)35)31-34-19-20-36-31;1-2-11-27-25(10-1)26-14-13-22(30-33-18-19-35-30)20-28(26)34(27)24-9-7-8-23(21-24)31(15-4-5-16-31)29-12-3-6-17-32-29;;/h2-4,7-15,18-20H,1,5-6,16-17H2;1-3,6-14,17-19H,4-5,15-16H2;;/q2*-2;2*+2. The van der Waals surface area contributed by atoms with Crippen molar-refractivity contribution in [3.05, 3.63) is 228 Å². The van der Waals surface area contributed by atoms with E-state index in [1.54, 1.807) is 22.7 Å². The number of rotatable bonds is 8. The van der Waals surface area contributed by atoms with Gasteiger partial charge in [0.1, 0.15) is 0 Å². The Morgan fingerprint density at radius 2 is 0.822 bits per heavy atom. The van der Waals surface area contributed by atoms with Crippen LogP contribution in [0.25, 0.3) is 76.1 Å². The first kappa shape index (κ1) is 49.0. The number of para-hydroxylation sites is 2. The summed E-state index contributed by atoms with van der Waals surface area (Å²) < 4.78 is 4.63. The molecule has 0 bridgehead atoms. The topological polar surface area (TPSA) is 61.4 Å². The van der Waals surface area contributed by atoms with Crippen molar-refractivity contribution in [2.75, 3.05) is 0 Å². The van der Waals surface area contributed by atoms with Crippen molar-refractivity contribution < 1.29 is 40.8 Å². The summed E-state index contributed by atoms with van der Waals surface area (Å²) in [6.07, 6.45) is 18.1. The van der Waals surface area contributed by atoms with E-state index in [2.05, 4.69) is 177 Å². The van der Waals surface area contributed by atoms with Crippen molar-refractivity contribution in [2.24, 2.45) is 0 Å². The minimum atomic E-state index is -0.0932. The number of thiazole rings is 2. The molecular formula is C63H48N6Pd2S2.